The maximum absolute atomic E-state index is 12.6. The molecule has 110 valence electrons. The van der Waals surface area contributed by atoms with Crippen LogP contribution in [-0.4, -0.2) is 64.5 Å². The van der Waals surface area contributed by atoms with Crippen LogP contribution in [-0.2, 0) is 17.8 Å². The van der Waals surface area contributed by atoms with E-state index in [0.717, 1.165) is 57.9 Å². The molecule has 1 fully saturated rings. The van der Waals surface area contributed by atoms with Gasteiger partial charge in [-0.05, 0) is 6.42 Å². The summed E-state index contributed by atoms with van der Waals surface area (Å²) in [4.78, 5) is 21.3. The van der Waals surface area contributed by atoms with Gasteiger partial charge in [0.2, 0.25) is 5.91 Å². The number of rotatable bonds is 3. The van der Waals surface area contributed by atoms with Crippen molar-refractivity contribution in [2.24, 2.45) is 11.7 Å². The minimum Gasteiger partial charge on any atom is -0.340 e. The van der Waals surface area contributed by atoms with Crippen LogP contribution in [0.5, 0.6) is 0 Å². The molecule has 0 radical (unpaired) electrons. The summed E-state index contributed by atoms with van der Waals surface area (Å²) in [5.74, 6) is 1.48. The van der Waals surface area contributed by atoms with Gasteiger partial charge in [-0.15, -0.1) is 0 Å². The van der Waals surface area contributed by atoms with E-state index in [2.05, 4.69) is 14.5 Å². The van der Waals surface area contributed by atoms with Gasteiger partial charge in [0.1, 0.15) is 5.82 Å². The van der Waals surface area contributed by atoms with E-state index >= 15 is 0 Å². The number of carbonyl (C=O) groups excluding carboxylic acids is 1. The van der Waals surface area contributed by atoms with E-state index in [1.54, 1.807) is 0 Å². The standard InChI is InChI=1S/C14H23N5O/c15-2-5-17-7-9-19(10-8-17)14(20)12-1-4-18-6-3-16-13(18)11-12/h3,6,12H,1-2,4-5,7-11,15H2. The van der Waals surface area contributed by atoms with Crippen molar-refractivity contribution in [3.05, 3.63) is 18.2 Å². The van der Waals surface area contributed by atoms with Crippen molar-refractivity contribution >= 4 is 5.91 Å². The van der Waals surface area contributed by atoms with Crippen LogP contribution in [0.4, 0.5) is 0 Å². The predicted molar refractivity (Wildman–Crippen MR) is 76.1 cm³/mol. The molecule has 0 aromatic carbocycles. The van der Waals surface area contributed by atoms with Crippen molar-refractivity contribution in [1.82, 2.24) is 19.4 Å². The number of hydrogen-bond donors (Lipinski definition) is 1. The van der Waals surface area contributed by atoms with Crippen molar-refractivity contribution in [2.45, 2.75) is 19.4 Å². The summed E-state index contributed by atoms with van der Waals surface area (Å²) in [6.45, 7) is 6.11. The zero-order chi connectivity index (χ0) is 13.9. The highest BCUT2D eigenvalue weighted by Crippen LogP contribution is 2.21. The molecule has 0 bridgehead atoms. The highest BCUT2D eigenvalue weighted by atomic mass is 16.2. The smallest absolute Gasteiger partial charge is 0.226 e. The first-order valence-corrected chi connectivity index (χ1v) is 7.49. The molecule has 1 saturated heterocycles. The van der Waals surface area contributed by atoms with Crippen LogP contribution < -0.4 is 5.73 Å². The summed E-state index contributed by atoms with van der Waals surface area (Å²) in [7, 11) is 0. The van der Waals surface area contributed by atoms with Gasteiger partial charge in [-0.3, -0.25) is 9.69 Å². The lowest BCUT2D eigenvalue weighted by atomic mass is 9.96. The minimum atomic E-state index is 0.117. The van der Waals surface area contributed by atoms with Crippen LogP contribution in [0.2, 0.25) is 0 Å². The first kappa shape index (κ1) is 13.6. The molecule has 2 aliphatic rings. The van der Waals surface area contributed by atoms with E-state index in [1.807, 2.05) is 17.3 Å². The third-order valence-electron chi connectivity index (χ3n) is 4.43. The van der Waals surface area contributed by atoms with E-state index in [-0.39, 0.29) is 5.92 Å². The lowest BCUT2D eigenvalue weighted by Gasteiger charge is -2.37. The number of imidazole rings is 1. The second-order valence-corrected chi connectivity index (χ2v) is 5.68. The monoisotopic (exact) mass is 277 g/mol. The van der Waals surface area contributed by atoms with Gasteiger partial charge in [-0.1, -0.05) is 0 Å². The SMILES string of the molecule is NCCN1CCN(C(=O)C2CCn3ccnc3C2)CC1. The van der Waals surface area contributed by atoms with Gasteiger partial charge >= 0.3 is 0 Å². The first-order valence-electron chi connectivity index (χ1n) is 7.49. The summed E-state index contributed by atoms with van der Waals surface area (Å²) in [6.07, 6.45) is 5.55. The van der Waals surface area contributed by atoms with Crippen LogP contribution in [0.15, 0.2) is 12.4 Å². The molecular formula is C14H23N5O. The fourth-order valence-corrected chi connectivity index (χ4v) is 3.19. The molecule has 0 saturated carbocycles. The Hall–Kier alpha value is -1.40. The van der Waals surface area contributed by atoms with Gasteiger partial charge in [-0.2, -0.15) is 0 Å². The molecule has 1 aromatic rings. The van der Waals surface area contributed by atoms with Crippen molar-refractivity contribution in [1.29, 1.82) is 0 Å². The molecule has 1 aromatic heterocycles. The van der Waals surface area contributed by atoms with E-state index in [9.17, 15) is 4.79 Å². The van der Waals surface area contributed by atoms with Gasteiger partial charge in [0, 0.05) is 70.5 Å². The largest absolute Gasteiger partial charge is 0.340 e. The molecule has 2 aliphatic heterocycles. The quantitative estimate of drug-likeness (QED) is 0.812. The molecule has 6 nitrogen and oxygen atoms in total. The fourth-order valence-electron chi connectivity index (χ4n) is 3.19. The molecule has 0 aliphatic carbocycles. The second-order valence-electron chi connectivity index (χ2n) is 5.68. The van der Waals surface area contributed by atoms with Crippen molar-refractivity contribution in [3.63, 3.8) is 0 Å². The number of piperazine rings is 1. The minimum absolute atomic E-state index is 0.117. The molecule has 2 N–H and O–H groups in total. The summed E-state index contributed by atoms with van der Waals surface area (Å²) in [6, 6.07) is 0. The zero-order valence-electron chi connectivity index (χ0n) is 11.9. The Morgan fingerprint density at radius 1 is 1.30 bits per heavy atom. The average molecular weight is 277 g/mol. The van der Waals surface area contributed by atoms with Crippen molar-refractivity contribution < 1.29 is 4.79 Å². The number of aryl methyl sites for hydroxylation is 1. The number of fused-ring (bicyclic) bond motifs is 1. The van der Waals surface area contributed by atoms with Crippen molar-refractivity contribution in [3.8, 4) is 0 Å². The Morgan fingerprint density at radius 3 is 2.85 bits per heavy atom. The Balaban J connectivity index is 1.55. The summed E-state index contributed by atoms with van der Waals surface area (Å²) in [5, 5.41) is 0. The normalized spacial score (nSPS) is 23.6. The third kappa shape index (κ3) is 2.71. The Kier molecular flexibility index (Phi) is 4.03. The predicted octanol–water partition coefficient (Wildman–Crippen LogP) is -0.452. The summed E-state index contributed by atoms with van der Waals surface area (Å²) < 4.78 is 2.16. The number of nitrogens with two attached hydrogens (primary N) is 1. The Bertz CT molecular complexity index is 464. The van der Waals surface area contributed by atoms with Gasteiger partial charge < -0.3 is 15.2 Å². The molecular weight excluding hydrogens is 254 g/mol. The molecule has 1 unspecified atom stereocenters. The van der Waals surface area contributed by atoms with Crippen LogP contribution in [0, 0.1) is 5.92 Å². The first-order chi connectivity index (χ1) is 9.78. The van der Waals surface area contributed by atoms with Crippen LogP contribution in [0.25, 0.3) is 0 Å². The molecule has 1 amide bonds. The van der Waals surface area contributed by atoms with Gasteiger partial charge in [0.25, 0.3) is 0 Å². The van der Waals surface area contributed by atoms with E-state index < -0.39 is 0 Å². The topological polar surface area (TPSA) is 67.4 Å². The molecule has 1 atom stereocenters. The zero-order valence-corrected chi connectivity index (χ0v) is 11.9. The van der Waals surface area contributed by atoms with E-state index in [0.29, 0.717) is 12.5 Å². The van der Waals surface area contributed by atoms with E-state index in [1.165, 1.54) is 0 Å². The number of aromatic nitrogens is 2. The van der Waals surface area contributed by atoms with Gasteiger partial charge in [0.05, 0.1) is 0 Å². The highest BCUT2D eigenvalue weighted by molar-refractivity contribution is 5.79. The highest BCUT2D eigenvalue weighted by Gasteiger charge is 2.30. The van der Waals surface area contributed by atoms with Gasteiger partial charge in [-0.25, -0.2) is 4.98 Å². The lowest BCUT2D eigenvalue weighted by Crippen LogP contribution is -2.51. The number of carbonyl (C=O) groups is 1. The molecule has 20 heavy (non-hydrogen) atoms. The van der Waals surface area contributed by atoms with Crippen molar-refractivity contribution in [2.75, 3.05) is 39.3 Å². The second kappa shape index (κ2) is 5.93. The third-order valence-corrected chi connectivity index (χ3v) is 4.43. The summed E-state index contributed by atoms with van der Waals surface area (Å²) in [5.41, 5.74) is 5.57. The lowest BCUT2D eigenvalue weighted by molar-refractivity contribution is -0.138. The molecule has 3 heterocycles. The van der Waals surface area contributed by atoms with Crippen LogP contribution in [0.3, 0.4) is 0 Å². The fraction of sp³-hybridized carbons (Fsp3) is 0.714. The number of amides is 1. The van der Waals surface area contributed by atoms with E-state index in [4.69, 9.17) is 5.73 Å². The Morgan fingerprint density at radius 2 is 2.10 bits per heavy atom. The number of hydrogen-bond acceptors (Lipinski definition) is 4. The maximum Gasteiger partial charge on any atom is 0.226 e. The van der Waals surface area contributed by atoms with Gasteiger partial charge in [0.15, 0.2) is 0 Å². The number of nitrogens with zero attached hydrogens (tertiary/aromatic N) is 4. The molecule has 0 spiro atoms. The Labute approximate surface area is 119 Å². The maximum atomic E-state index is 12.6. The summed E-state index contributed by atoms with van der Waals surface area (Å²) >= 11 is 0. The molecule has 3 rings (SSSR count). The van der Waals surface area contributed by atoms with Crippen LogP contribution >= 0.6 is 0 Å². The van der Waals surface area contributed by atoms with Crippen LogP contribution in [0.1, 0.15) is 12.2 Å². The molecule has 6 heteroatoms. The average Bonchev–Trinajstić information content (AvgIpc) is 2.95.